The van der Waals surface area contributed by atoms with Crippen molar-refractivity contribution in [3.05, 3.63) is 29.8 Å². The third-order valence-electron chi connectivity index (χ3n) is 4.46. The molecular formula is C14H16O2. The van der Waals surface area contributed by atoms with Crippen LogP contribution in [0.25, 0.3) is 0 Å². The molecule has 1 aromatic rings. The quantitative estimate of drug-likeness (QED) is 0.663. The second kappa shape index (κ2) is 3.01. The van der Waals surface area contributed by atoms with E-state index < -0.39 is 0 Å². The molecule has 0 amide bonds. The minimum atomic E-state index is -0.267. The van der Waals surface area contributed by atoms with E-state index in [2.05, 4.69) is 12.1 Å². The van der Waals surface area contributed by atoms with Crippen LogP contribution >= 0.6 is 0 Å². The van der Waals surface area contributed by atoms with Crippen LogP contribution in [0.2, 0.25) is 0 Å². The van der Waals surface area contributed by atoms with Crippen LogP contribution in [0.15, 0.2) is 24.3 Å². The van der Waals surface area contributed by atoms with Crippen molar-refractivity contribution in [2.24, 2.45) is 11.8 Å². The fraction of sp³-hybridized carbons (Fsp3) is 0.571. The van der Waals surface area contributed by atoms with Crippen molar-refractivity contribution >= 4 is 0 Å². The van der Waals surface area contributed by atoms with E-state index in [1.807, 2.05) is 12.1 Å². The zero-order valence-electron chi connectivity index (χ0n) is 9.32. The topological polar surface area (TPSA) is 18.5 Å². The van der Waals surface area contributed by atoms with Crippen molar-refractivity contribution in [2.75, 3.05) is 0 Å². The first-order valence-electron chi connectivity index (χ1n) is 6.27. The number of benzene rings is 1. The highest BCUT2D eigenvalue weighted by Gasteiger charge is 2.55. The van der Waals surface area contributed by atoms with Gasteiger partial charge in [0.25, 0.3) is 0 Å². The van der Waals surface area contributed by atoms with Crippen molar-refractivity contribution in [3.8, 4) is 5.75 Å². The van der Waals surface area contributed by atoms with Gasteiger partial charge in [0, 0.05) is 17.9 Å². The third-order valence-corrected chi connectivity index (χ3v) is 4.46. The molecule has 1 aromatic carbocycles. The summed E-state index contributed by atoms with van der Waals surface area (Å²) >= 11 is 0. The summed E-state index contributed by atoms with van der Waals surface area (Å²) in [5, 5.41) is 0. The number of hydrogen-bond acceptors (Lipinski definition) is 2. The predicted octanol–water partition coefficient (Wildman–Crippen LogP) is 3.11. The summed E-state index contributed by atoms with van der Waals surface area (Å²) in [6.45, 7) is 0.722. The average Bonchev–Trinajstić information content (AvgIpc) is 2.89. The average molecular weight is 216 g/mol. The van der Waals surface area contributed by atoms with Gasteiger partial charge in [0.15, 0.2) is 0 Å². The van der Waals surface area contributed by atoms with E-state index in [9.17, 15) is 0 Å². The molecule has 2 bridgehead atoms. The largest absolute Gasteiger partial charge is 0.462 e. The van der Waals surface area contributed by atoms with Crippen molar-refractivity contribution in [3.63, 3.8) is 0 Å². The summed E-state index contributed by atoms with van der Waals surface area (Å²) in [5.74, 6) is 2.25. The highest BCUT2D eigenvalue weighted by atomic mass is 16.7. The molecule has 84 valence electrons. The maximum atomic E-state index is 6.19. The Hall–Kier alpha value is -1.02. The Morgan fingerprint density at radius 1 is 1.19 bits per heavy atom. The molecule has 3 unspecified atom stereocenters. The maximum absolute atomic E-state index is 6.19. The fourth-order valence-electron chi connectivity index (χ4n) is 3.67. The maximum Gasteiger partial charge on any atom is 0.213 e. The summed E-state index contributed by atoms with van der Waals surface area (Å²) in [6, 6.07) is 8.26. The SMILES string of the molecule is c1ccc2c(c1)COC1(CC3CCC1C3)O2. The highest BCUT2D eigenvalue weighted by Crippen LogP contribution is 2.54. The number of para-hydroxylation sites is 1. The van der Waals surface area contributed by atoms with Gasteiger partial charge in [0.2, 0.25) is 5.79 Å². The van der Waals surface area contributed by atoms with Crippen molar-refractivity contribution in [1.29, 1.82) is 0 Å². The molecule has 0 radical (unpaired) electrons. The van der Waals surface area contributed by atoms with Crippen LogP contribution < -0.4 is 4.74 Å². The first-order chi connectivity index (χ1) is 7.86. The predicted molar refractivity (Wildman–Crippen MR) is 60.0 cm³/mol. The molecule has 2 aliphatic carbocycles. The number of hydrogen-bond donors (Lipinski definition) is 0. The van der Waals surface area contributed by atoms with Crippen molar-refractivity contribution in [1.82, 2.24) is 0 Å². The van der Waals surface area contributed by atoms with Gasteiger partial charge >= 0.3 is 0 Å². The van der Waals surface area contributed by atoms with E-state index in [1.165, 1.54) is 24.8 Å². The molecule has 2 nitrogen and oxygen atoms in total. The lowest BCUT2D eigenvalue weighted by Crippen LogP contribution is -2.46. The molecule has 0 N–H and O–H groups in total. The molecule has 0 aromatic heterocycles. The molecule has 3 aliphatic rings. The molecule has 2 saturated carbocycles. The van der Waals surface area contributed by atoms with E-state index in [0.29, 0.717) is 5.92 Å². The van der Waals surface area contributed by atoms with Crippen LogP contribution in [0.5, 0.6) is 5.75 Å². The Morgan fingerprint density at radius 3 is 2.94 bits per heavy atom. The Bertz CT molecular complexity index is 428. The summed E-state index contributed by atoms with van der Waals surface area (Å²) in [6.07, 6.45) is 5.07. The normalized spacial score (nSPS) is 39.8. The van der Waals surface area contributed by atoms with Crippen LogP contribution in [0.4, 0.5) is 0 Å². The lowest BCUT2D eigenvalue weighted by atomic mass is 9.93. The van der Waals surface area contributed by atoms with E-state index >= 15 is 0 Å². The molecule has 16 heavy (non-hydrogen) atoms. The first kappa shape index (κ1) is 9.06. The number of ether oxygens (including phenoxy) is 2. The fourth-order valence-corrected chi connectivity index (χ4v) is 3.67. The van der Waals surface area contributed by atoms with E-state index in [4.69, 9.17) is 9.47 Å². The minimum Gasteiger partial charge on any atom is -0.462 e. The molecule has 2 heteroatoms. The lowest BCUT2D eigenvalue weighted by Gasteiger charge is -2.41. The summed E-state index contributed by atoms with van der Waals surface area (Å²) in [5.41, 5.74) is 1.19. The summed E-state index contributed by atoms with van der Waals surface area (Å²) in [7, 11) is 0. The van der Waals surface area contributed by atoms with Crippen LogP contribution in [0, 0.1) is 11.8 Å². The number of fused-ring (bicyclic) bond motifs is 4. The third kappa shape index (κ3) is 1.11. The number of rotatable bonds is 0. The van der Waals surface area contributed by atoms with Gasteiger partial charge in [-0.2, -0.15) is 0 Å². The van der Waals surface area contributed by atoms with Gasteiger partial charge in [-0.1, -0.05) is 18.2 Å². The Kier molecular flexibility index (Phi) is 1.70. The van der Waals surface area contributed by atoms with E-state index in [1.54, 1.807) is 0 Å². The monoisotopic (exact) mass is 216 g/mol. The van der Waals surface area contributed by atoms with Crippen LogP contribution in [-0.2, 0) is 11.3 Å². The zero-order valence-corrected chi connectivity index (χ0v) is 9.32. The smallest absolute Gasteiger partial charge is 0.213 e. The summed E-state index contributed by atoms with van der Waals surface area (Å²) < 4.78 is 12.3. The van der Waals surface area contributed by atoms with Crippen LogP contribution in [0.3, 0.4) is 0 Å². The van der Waals surface area contributed by atoms with Gasteiger partial charge in [-0.25, -0.2) is 0 Å². The van der Waals surface area contributed by atoms with Crippen LogP contribution in [-0.4, -0.2) is 5.79 Å². The molecule has 1 heterocycles. The standard InChI is InChI=1S/C14H16O2/c1-2-4-13-11(3-1)9-15-14(16-13)8-10-5-6-12(14)7-10/h1-4,10,12H,5-9H2. The van der Waals surface area contributed by atoms with Gasteiger partial charge in [-0.3, -0.25) is 0 Å². The van der Waals surface area contributed by atoms with Crippen molar-refractivity contribution in [2.45, 2.75) is 38.1 Å². The Labute approximate surface area is 95.6 Å². The van der Waals surface area contributed by atoms with E-state index in [-0.39, 0.29) is 5.79 Å². The van der Waals surface area contributed by atoms with Crippen LogP contribution in [0.1, 0.15) is 31.2 Å². The lowest BCUT2D eigenvalue weighted by molar-refractivity contribution is -0.233. The molecule has 1 aliphatic heterocycles. The molecule has 3 atom stereocenters. The molecule has 4 rings (SSSR count). The van der Waals surface area contributed by atoms with Gasteiger partial charge < -0.3 is 9.47 Å². The molecule has 1 spiro atoms. The van der Waals surface area contributed by atoms with Gasteiger partial charge in [0.05, 0.1) is 6.61 Å². The van der Waals surface area contributed by atoms with E-state index in [0.717, 1.165) is 24.7 Å². The Morgan fingerprint density at radius 2 is 2.12 bits per heavy atom. The molecule has 0 saturated heterocycles. The molecule has 2 fully saturated rings. The molecular weight excluding hydrogens is 200 g/mol. The Balaban J connectivity index is 1.70. The highest BCUT2D eigenvalue weighted by molar-refractivity contribution is 5.34. The second-order valence-electron chi connectivity index (χ2n) is 5.39. The van der Waals surface area contributed by atoms with Gasteiger partial charge in [-0.05, 0) is 31.2 Å². The van der Waals surface area contributed by atoms with Gasteiger partial charge in [0.1, 0.15) is 5.75 Å². The minimum absolute atomic E-state index is 0.267. The van der Waals surface area contributed by atoms with Crippen molar-refractivity contribution < 1.29 is 9.47 Å². The van der Waals surface area contributed by atoms with Gasteiger partial charge in [-0.15, -0.1) is 0 Å². The first-order valence-corrected chi connectivity index (χ1v) is 6.27. The summed E-state index contributed by atoms with van der Waals surface area (Å²) in [4.78, 5) is 0. The zero-order chi connectivity index (χ0) is 10.6. The second-order valence-corrected chi connectivity index (χ2v) is 5.39.